The molecular weight excluding hydrogens is 331 g/mol. The lowest BCUT2D eigenvalue weighted by Crippen LogP contribution is -2.12. The van der Waals surface area contributed by atoms with E-state index in [0.717, 1.165) is 10.0 Å². The summed E-state index contributed by atoms with van der Waals surface area (Å²) in [6.45, 7) is 1.68. The Hall–Kier alpha value is 0.140. The van der Waals surface area contributed by atoms with Gasteiger partial charge in [0.25, 0.3) is 0 Å². The molecule has 0 aliphatic heterocycles. The molecule has 0 saturated carbocycles. The summed E-state index contributed by atoms with van der Waals surface area (Å²) < 4.78 is 0.892. The van der Waals surface area contributed by atoms with Crippen LogP contribution in [-0.2, 0) is 5.33 Å². The van der Waals surface area contributed by atoms with E-state index in [9.17, 15) is 4.79 Å². The Morgan fingerprint density at radius 1 is 1.57 bits per heavy atom. The molecule has 1 nitrogen and oxygen atoms in total. The van der Waals surface area contributed by atoms with Crippen molar-refractivity contribution in [1.29, 1.82) is 0 Å². The molecule has 1 unspecified atom stereocenters. The predicted octanol–water partition coefficient (Wildman–Crippen LogP) is 4.15. The van der Waals surface area contributed by atoms with Crippen LogP contribution in [0.4, 0.5) is 0 Å². The molecule has 1 rings (SSSR count). The summed E-state index contributed by atoms with van der Waals surface area (Å²) in [6, 6.07) is 5.62. The SMILES string of the molecule is CC(Cl)C(=O)c1cc(Br)ccc1CBr. The van der Waals surface area contributed by atoms with Crippen molar-refractivity contribution in [3.63, 3.8) is 0 Å². The number of halogens is 3. The predicted molar refractivity (Wildman–Crippen MR) is 66.4 cm³/mol. The summed E-state index contributed by atoms with van der Waals surface area (Å²) in [4.78, 5) is 11.7. The largest absolute Gasteiger partial charge is 0.293 e. The molecule has 14 heavy (non-hydrogen) atoms. The lowest BCUT2D eigenvalue weighted by Gasteiger charge is -2.08. The lowest BCUT2D eigenvalue weighted by atomic mass is 10.0. The quantitative estimate of drug-likeness (QED) is 0.597. The van der Waals surface area contributed by atoms with Crippen LogP contribution in [0, 0.1) is 0 Å². The Bertz CT molecular complexity index is 350. The minimum absolute atomic E-state index is 0.0394. The maximum absolute atomic E-state index is 11.7. The highest BCUT2D eigenvalue weighted by Gasteiger charge is 2.15. The van der Waals surface area contributed by atoms with E-state index in [2.05, 4.69) is 31.9 Å². The monoisotopic (exact) mass is 338 g/mol. The Labute approximate surface area is 105 Å². The summed E-state index contributed by atoms with van der Waals surface area (Å²) in [5.74, 6) is -0.0394. The number of rotatable bonds is 3. The molecule has 0 aliphatic rings. The molecule has 0 bridgehead atoms. The van der Waals surface area contributed by atoms with E-state index in [1.165, 1.54) is 0 Å². The zero-order valence-electron chi connectivity index (χ0n) is 7.56. The number of Topliss-reactive ketones (excluding diaryl/α,β-unsaturated/α-hetero) is 1. The summed E-state index contributed by atoms with van der Waals surface area (Å²) in [6.07, 6.45) is 0. The first-order valence-electron chi connectivity index (χ1n) is 4.09. The molecule has 0 N–H and O–H groups in total. The summed E-state index contributed by atoms with van der Waals surface area (Å²) in [5.41, 5.74) is 1.64. The third-order valence-electron chi connectivity index (χ3n) is 1.84. The fourth-order valence-electron chi connectivity index (χ4n) is 1.11. The second kappa shape index (κ2) is 5.29. The molecule has 0 aliphatic carbocycles. The van der Waals surface area contributed by atoms with E-state index in [4.69, 9.17) is 11.6 Å². The molecule has 0 spiro atoms. The molecule has 0 saturated heterocycles. The highest BCUT2D eigenvalue weighted by atomic mass is 79.9. The Morgan fingerprint density at radius 2 is 2.21 bits per heavy atom. The van der Waals surface area contributed by atoms with Gasteiger partial charge in [-0.3, -0.25) is 4.79 Å². The van der Waals surface area contributed by atoms with Gasteiger partial charge in [-0.25, -0.2) is 0 Å². The Balaban J connectivity index is 3.17. The van der Waals surface area contributed by atoms with Crippen LogP contribution in [0.3, 0.4) is 0 Å². The van der Waals surface area contributed by atoms with E-state index in [-0.39, 0.29) is 5.78 Å². The molecule has 4 heteroatoms. The second-order valence-corrected chi connectivity index (χ2v) is 5.05. The van der Waals surface area contributed by atoms with E-state index < -0.39 is 5.38 Å². The van der Waals surface area contributed by atoms with E-state index >= 15 is 0 Å². The van der Waals surface area contributed by atoms with Gasteiger partial charge in [-0.1, -0.05) is 37.9 Å². The molecule has 0 heterocycles. The summed E-state index contributed by atoms with van der Waals surface area (Å²) >= 11 is 12.4. The van der Waals surface area contributed by atoms with Crippen molar-refractivity contribution in [2.75, 3.05) is 0 Å². The Morgan fingerprint density at radius 3 is 2.71 bits per heavy atom. The summed E-state index contributed by atoms with van der Waals surface area (Å²) in [7, 11) is 0. The maximum Gasteiger partial charge on any atom is 0.180 e. The van der Waals surface area contributed by atoms with Gasteiger partial charge in [-0.05, 0) is 24.6 Å². The van der Waals surface area contributed by atoms with Crippen LogP contribution < -0.4 is 0 Å². The van der Waals surface area contributed by atoms with E-state index in [1.54, 1.807) is 13.0 Å². The number of ketones is 1. The molecule has 1 atom stereocenters. The average Bonchev–Trinajstić information content (AvgIpc) is 2.16. The van der Waals surface area contributed by atoms with Gasteiger partial charge in [0.15, 0.2) is 5.78 Å². The zero-order valence-corrected chi connectivity index (χ0v) is 11.5. The van der Waals surface area contributed by atoms with Crippen molar-refractivity contribution >= 4 is 49.2 Å². The van der Waals surface area contributed by atoms with Crippen molar-refractivity contribution < 1.29 is 4.79 Å². The van der Waals surface area contributed by atoms with Crippen LogP contribution in [-0.4, -0.2) is 11.2 Å². The van der Waals surface area contributed by atoms with E-state index in [1.807, 2.05) is 12.1 Å². The fourth-order valence-corrected chi connectivity index (χ4v) is 2.08. The van der Waals surface area contributed by atoms with Crippen LogP contribution >= 0.6 is 43.5 Å². The molecular formula is C10H9Br2ClO. The first-order valence-corrected chi connectivity index (χ1v) is 6.44. The van der Waals surface area contributed by atoms with Crippen molar-refractivity contribution in [3.8, 4) is 0 Å². The van der Waals surface area contributed by atoms with Crippen molar-refractivity contribution in [1.82, 2.24) is 0 Å². The minimum atomic E-state index is -0.484. The standard InChI is InChI=1S/C10H9Br2ClO/c1-6(13)10(14)9-4-8(12)3-2-7(9)5-11/h2-4,6H,5H2,1H3. The van der Waals surface area contributed by atoms with Gasteiger partial charge in [0.2, 0.25) is 0 Å². The van der Waals surface area contributed by atoms with Crippen LogP contribution in [0.1, 0.15) is 22.8 Å². The fraction of sp³-hybridized carbons (Fsp3) is 0.300. The molecule has 1 aromatic rings. The minimum Gasteiger partial charge on any atom is -0.293 e. The topological polar surface area (TPSA) is 17.1 Å². The van der Waals surface area contributed by atoms with Gasteiger partial charge in [0, 0.05) is 15.4 Å². The number of hydrogen-bond donors (Lipinski definition) is 0. The normalized spacial score (nSPS) is 12.6. The van der Waals surface area contributed by atoms with Gasteiger partial charge < -0.3 is 0 Å². The van der Waals surface area contributed by atoms with Crippen molar-refractivity contribution in [2.24, 2.45) is 0 Å². The van der Waals surface area contributed by atoms with Gasteiger partial charge in [-0.15, -0.1) is 11.6 Å². The number of carbonyl (C=O) groups is 1. The van der Waals surface area contributed by atoms with Crippen LogP contribution in [0.2, 0.25) is 0 Å². The average molecular weight is 340 g/mol. The van der Waals surface area contributed by atoms with Gasteiger partial charge in [0.1, 0.15) is 0 Å². The molecule has 0 radical (unpaired) electrons. The molecule has 0 fully saturated rings. The van der Waals surface area contributed by atoms with Crippen LogP contribution in [0.15, 0.2) is 22.7 Å². The van der Waals surface area contributed by atoms with Crippen molar-refractivity contribution in [2.45, 2.75) is 17.6 Å². The molecule has 76 valence electrons. The van der Waals surface area contributed by atoms with Crippen LogP contribution in [0.5, 0.6) is 0 Å². The second-order valence-electron chi connectivity index (χ2n) is 2.92. The molecule has 1 aromatic carbocycles. The van der Waals surface area contributed by atoms with E-state index in [0.29, 0.717) is 10.9 Å². The molecule has 0 amide bonds. The number of benzene rings is 1. The maximum atomic E-state index is 11.7. The number of carbonyl (C=O) groups excluding carboxylic acids is 1. The first kappa shape index (κ1) is 12.2. The van der Waals surface area contributed by atoms with Gasteiger partial charge >= 0.3 is 0 Å². The molecule has 0 aromatic heterocycles. The highest BCUT2D eigenvalue weighted by Crippen LogP contribution is 2.21. The lowest BCUT2D eigenvalue weighted by molar-refractivity contribution is 0.0991. The third kappa shape index (κ3) is 2.81. The van der Waals surface area contributed by atoms with Gasteiger partial charge in [-0.2, -0.15) is 0 Å². The zero-order chi connectivity index (χ0) is 10.7. The Kier molecular flexibility index (Phi) is 4.61. The number of hydrogen-bond acceptors (Lipinski definition) is 1. The van der Waals surface area contributed by atoms with Crippen LogP contribution in [0.25, 0.3) is 0 Å². The number of alkyl halides is 2. The van der Waals surface area contributed by atoms with Gasteiger partial charge in [0.05, 0.1) is 5.38 Å². The first-order chi connectivity index (χ1) is 6.56. The highest BCUT2D eigenvalue weighted by molar-refractivity contribution is 9.10. The third-order valence-corrected chi connectivity index (χ3v) is 3.14. The summed E-state index contributed by atoms with van der Waals surface area (Å²) in [5, 5.41) is 0.174. The van der Waals surface area contributed by atoms with Crippen molar-refractivity contribution in [3.05, 3.63) is 33.8 Å². The smallest absolute Gasteiger partial charge is 0.180 e.